The summed E-state index contributed by atoms with van der Waals surface area (Å²) in [6.07, 6.45) is 0.991. The maximum absolute atomic E-state index is 10.1. The van der Waals surface area contributed by atoms with Crippen molar-refractivity contribution in [2.45, 2.75) is 25.9 Å². The van der Waals surface area contributed by atoms with Crippen LogP contribution in [0, 0.1) is 0 Å². The van der Waals surface area contributed by atoms with Crippen molar-refractivity contribution < 1.29 is 19.3 Å². The van der Waals surface area contributed by atoms with Crippen LogP contribution in [0.5, 0.6) is 11.5 Å². The van der Waals surface area contributed by atoms with Crippen LogP contribution >= 0.6 is 0 Å². The van der Waals surface area contributed by atoms with Crippen LogP contribution in [0.25, 0.3) is 0 Å². The Hall–Kier alpha value is -1.26. The van der Waals surface area contributed by atoms with Gasteiger partial charge in [0.05, 0.1) is 20.3 Å². The molecule has 0 saturated heterocycles. The Morgan fingerprint density at radius 2 is 1.67 bits per heavy atom. The lowest BCUT2D eigenvalue weighted by Crippen LogP contribution is -2.04. The van der Waals surface area contributed by atoms with Crippen LogP contribution in [0.2, 0.25) is 0 Å². The zero-order valence-corrected chi connectivity index (χ0v) is 11.3. The largest absolute Gasteiger partial charge is 0.497 e. The quantitative estimate of drug-likeness (QED) is 0.724. The normalized spacial score (nSPS) is 12.2. The first-order valence-corrected chi connectivity index (χ1v) is 6.20. The van der Waals surface area contributed by atoms with Crippen molar-refractivity contribution in [3.63, 3.8) is 0 Å². The van der Waals surface area contributed by atoms with Gasteiger partial charge in [-0.25, -0.2) is 0 Å². The van der Waals surface area contributed by atoms with E-state index in [2.05, 4.69) is 6.92 Å². The maximum atomic E-state index is 10.1. The minimum Gasteiger partial charge on any atom is -0.497 e. The van der Waals surface area contributed by atoms with E-state index in [9.17, 15) is 5.11 Å². The fraction of sp³-hybridized carbons (Fsp3) is 0.571. The third-order valence-electron chi connectivity index (χ3n) is 2.64. The Morgan fingerprint density at radius 1 is 1.06 bits per heavy atom. The van der Waals surface area contributed by atoms with Crippen LogP contribution in [-0.4, -0.2) is 32.5 Å². The predicted octanol–water partition coefficient (Wildman–Crippen LogP) is 2.55. The third kappa shape index (κ3) is 4.55. The molecule has 1 N–H and O–H groups in total. The Labute approximate surface area is 108 Å². The average Bonchev–Trinajstić information content (AvgIpc) is 2.42. The second-order valence-corrected chi connectivity index (χ2v) is 4.06. The molecular weight excluding hydrogens is 232 g/mol. The summed E-state index contributed by atoms with van der Waals surface area (Å²) in [7, 11) is 3.19. The summed E-state index contributed by atoms with van der Waals surface area (Å²) < 4.78 is 15.7. The van der Waals surface area contributed by atoms with Gasteiger partial charge in [0, 0.05) is 25.7 Å². The number of benzene rings is 1. The summed E-state index contributed by atoms with van der Waals surface area (Å²) >= 11 is 0. The van der Waals surface area contributed by atoms with Crippen molar-refractivity contribution in [3.8, 4) is 11.5 Å². The lowest BCUT2D eigenvalue weighted by molar-refractivity contribution is 0.0820. The zero-order valence-electron chi connectivity index (χ0n) is 11.3. The molecule has 0 aliphatic rings. The van der Waals surface area contributed by atoms with Crippen LogP contribution < -0.4 is 9.47 Å². The number of aliphatic hydroxyl groups is 1. The fourth-order valence-corrected chi connectivity index (χ4v) is 1.63. The predicted molar refractivity (Wildman–Crippen MR) is 70.2 cm³/mol. The molecule has 1 rings (SSSR count). The molecule has 0 bridgehead atoms. The molecule has 1 aromatic carbocycles. The Kier molecular flexibility index (Phi) is 6.54. The van der Waals surface area contributed by atoms with Gasteiger partial charge in [-0.2, -0.15) is 0 Å². The lowest BCUT2D eigenvalue weighted by atomic mass is 10.1. The standard InChI is InChI=1S/C14H22O4/c1-4-6-18-7-5-14(15)11-8-12(16-2)10-13(9-11)17-3/h8-10,14-15H,4-7H2,1-3H3. The van der Waals surface area contributed by atoms with E-state index in [1.807, 2.05) is 12.1 Å². The molecule has 0 aromatic heterocycles. The maximum Gasteiger partial charge on any atom is 0.122 e. The third-order valence-corrected chi connectivity index (χ3v) is 2.64. The summed E-state index contributed by atoms with van der Waals surface area (Å²) in [5.74, 6) is 1.36. The Bertz CT molecular complexity index is 329. The topological polar surface area (TPSA) is 47.9 Å². The smallest absolute Gasteiger partial charge is 0.122 e. The van der Waals surface area contributed by atoms with Gasteiger partial charge in [0.15, 0.2) is 0 Å². The Morgan fingerprint density at radius 3 is 2.17 bits per heavy atom. The molecule has 0 saturated carbocycles. The van der Waals surface area contributed by atoms with Gasteiger partial charge in [-0.3, -0.25) is 0 Å². The molecule has 1 aromatic rings. The van der Waals surface area contributed by atoms with Crippen molar-refractivity contribution >= 4 is 0 Å². The second-order valence-electron chi connectivity index (χ2n) is 4.06. The van der Waals surface area contributed by atoms with Crippen molar-refractivity contribution in [2.75, 3.05) is 27.4 Å². The van der Waals surface area contributed by atoms with E-state index < -0.39 is 6.10 Å². The van der Waals surface area contributed by atoms with E-state index in [0.717, 1.165) is 18.6 Å². The number of hydrogen-bond donors (Lipinski definition) is 1. The molecule has 1 unspecified atom stereocenters. The highest BCUT2D eigenvalue weighted by Crippen LogP contribution is 2.27. The molecule has 0 spiro atoms. The first-order chi connectivity index (χ1) is 8.71. The van der Waals surface area contributed by atoms with Gasteiger partial charge in [0.1, 0.15) is 11.5 Å². The highest BCUT2D eigenvalue weighted by Gasteiger charge is 2.10. The van der Waals surface area contributed by atoms with Crippen LogP contribution in [-0.2, 0) is 4.74 Å². The fourth-order valence-electron chi connectivity index (χ4n) is 1.63. The highest BCUT2D eigenvalue weighted by atomic mass is 16.5. The molecule has 18 heavy (non-hydrogen) atoms. The number of methoxy groups -OCH3 is 2. The lowest BCUT2D eigenvalue weighted by Gasteiger charge is -2.14. The monoisotopic (exact) mass is 254 g/mol. The van der Waals surface area contributed by atoms with Crippen LogP contribution in [0.3, 0.4) is 0 Å². The summed E-state index contributed by atoms with van der Waals surface area (Å²) in [6, 6.07) is 5.41. The van der Waals surface area contributed by atoms with Gasteiger partial charge in [0.2, 0.25) is 0 Å². The summed E-state index contributed by atoms with van der Waals surface area (Å²) in [5.41, 5.74) is 0.784. The second kappa shape index (κ2) is 7.95. The van der Waals surface area contributed by atoms with Crippen LogP contribution in [0.4, 0.5) is 0 Å². The molecule has 0 aliphatic carbocycles. The van der Waals surface area contributed by atoms with E-state index in [4.69, 9.17) is 14.2 Å². The van der Waals surface area contributed by atoms with Crippen LogP contribution in [0.15, 0.2) is 18.2 Å². The zero-order chi connectivity index (χ0) is 13.4. The van der Waals surface area contributed by atoms with Gasteiger partial charge in [-0.05, 0) is 24.1 Å². The highest BCUT2D eigenvalue weighted by molar-refractivity contribution is 5.39. The summed E-state index contributed by atoms with van der Waals surface area (Å²) in [5, 5.41) is 10.1. The summed E-state index contributed by atoms with van der Waals surface area (Å²) in [6.45, 7) is 3.34. The number of hydrogen-bond acceptors (Lipinski definition) is 4. The van der Waals surface area contributed by atoms with Gasteiger partial charge in [-0.1, -0.05) is 6.92 Å². The number of rotatable bonds is 8. The van der Waals surface area contributed by atoms with E-state index in [-0.39, 0.29) is 0 Å². The molecule has 0 fully saturated rings. The molecule has 102 valence electrons. The van der Waals surface area contributed by atoms with E-state index in [1.54, 1.807) is 20.3 Å². The van der Waals surface area contributed by atoms with Crippen molar-refractivity contribution in [3.05, 3.63) is 23.8 Å². The van der Waals surface area contributed by atoms with Crippen LogP contribution in [0.1, 0.15) is 31.4 Å². The van der Waals surface area contributed by atoms with Gasteiger partial charge in [-0.15, -0.1) is 0 Å². The molecule has 0 heterocycles. The average molecular weight is 254 g/mol. The number of aliphatic hydroxyl groups excluding tert-OH is 1. The minimum atomic E-state index is -0.564. The molecule has 0 radical (unpaired) electrons. The SMILES string of the molecule is CCCOCCC(O)c1cc(OC)cc(OC)c1. The molecule has 4 heteroatoms. The van der Waals surface area contributed by atoms with E-state index >= 15 is 0 Å². The van der Waals surface area contributed by atoms with Gasteiger partial charge < -0.3 is 19.3 Å². The minimum absolute atomic E-state index is 0.550. The van der Waals surface area contributed by atoms with E-state index in [0.29, 0.717) is 24.5 Å². The van der Waals surface area contributed by atoms with Gasteiger partial charge >= 0.3 is 0 Å². The van der Waals surface area contributed by atoms with Crippen molar-refractivity contribution in [1.82, 2.24) is 0 Å². The van der Waals surface area contributed by atoms with Gasteiger partial charge in [0.25, 0.3) is 0 Å². The first-order valence-electron chi connectivity index (χ1n) is 6.20. The molecular formula is C14H22O4. The summed E-state index contributed by atoms with van der Waals surface area (Å²) in [4.78, 5) is 0. The Balaban J connectivity index is 2.63. The van der Waals surface area contributed by atoms with E-state index in [1.165, 1.54) is 0 Å². The number of ether oxygens (including phenoxy) is 3. The van der Waals surface area contributed by atoms with Crippen molar-refractivity contribution in [2.24, 2.45) is 0 Å². The molecule has 0 aliphatic heterocycles. The molecule has 4 nitrogen and oxygen atoms in total. The molecule has 0 amide bonds. The van der Waals surface area contributed by atoms with Crippen molar-refractivity contribution in [1.29, 1.82) is 0 Å². The first kappa shape index (κ1) is 14.8. The molecule has 1 atom stereocenters.